The molecule has 0 amide bonds. The Morgan fingerprint density at radius 2 is 1.06 bits per heavy atom. The first-order valence-electron chi connectivity index (χ1n) is 10.9. The number of fused-ring (bicyclic) bond motifs is 3. The minimum absolute atomic E-state index is 0.734. The van der Waals surface area contributed by atoms with Crippen LogP contribution in [0.5, 0.6) is 0 Å². The number of halogens is 1. The maximum atomic E-state index is 6.21. The molecule has 0 N–H and O–H groups in total. The molecule has 0 unspecified atom stereocenters. The first kappa shape index (κ1) is 20.0. The van der Waals surface area contributed by atoms with Crippen LogP contribution in [0.15, 0.2) is 121 Å². The molecule has 5 aromatic carbocycles. The van der Waals surface area contributed by atoms with E-state index in [2.05, 4.69) is 108 Å². The van der Waals surface area contributed by atoms with Crippen molar-refractivity contribution in [1.82, 2.24) is 0 Å². The van der Waals surface area contributed by atoms with Gasteiger partial charge in [-0.1, -0.05) is 72.3 Å². The van der Waals surface area contributed by atoms with E-state index < -0.39 is 0 Å². The van der Waals surface area contributed by atoms with E-state index in [0.717, 1.165) is 22.1 Å². The summed E-state index contributed by atoms with van der Waals surface area (Å²) in [4.78, 5) is 2.29. The van der Waals surface area contributed by atoms with Gasteiger partial charge in [0.05, 0.1) is 0 Å². The van der Waals surface area contributed by atoms with Crippen LogP contribution in [-0.2, 0) is 0 Å². The van der Waals surface area contributed by atoms with Crippen LogP contribution in [0.25, 0.3) is 31.3 Å². The fourth-order valence-corrected chi connectivity index (χ4v) is 5.54. The Balaban J connectivity index is 1.50. The van der Waals surface area contributed by atoms with Crippen molar-refractivity contribution in [3.63, 3.8) is 0 Å². The minimum Gasteiger partial charge on any atom is -0.310 e. The number of anilines is 3. The van der Waals surface area contributed by atoms with E-state index in [1.165, 1.54) is 31.3 Å². The lowest BCUT2D eigenvalue weighted by Gasteiger charge is -2.26. The molecule has 0 bridgehead atoms. The van der Waals surface area contributed by atoms with E-state index in [1.807, 2.05) is 29.5 Å². The van der Waals surface area contributed by atoms with Gasteiger partial charge in [0.1, 0.15) is 0 Å². The minimum atomic E-state index is 0.734. The molecule has 0 atom stereocenters. The third-order valence-electron chi connectivity index (χ3n) is 5.94. The Kier molecular flexibility index (Phi) is 5.10. The highest BCUT2D eigenvalue weighted by Crippen LogP contribution is 2.41. The Morgan fingerprint density at radius 1 is 0.485 bits per heavy atom. The average Bonchev–Trinajstić information content (AvgIpc) is 3.24. The molecule has 0 aliphatic rings. The molecule has 0 aliphatic heterocycles. The molecule has 0 radical (unpaired) electrons. The highest BCUT2D eigenvalue weighted by molar-refractivity contribution is 7.25. The molecule has 0 aliphatic carbocycles. The van der Waals surface area contributed by atoms with Crippen LogP contribution in [0, 0.1) is 0 Å². The Hall–Kier alpha value is -3.59. The van der Waals surface area contributed by atoms with Gasteiger partial charge in [0.2, 0.25) is 0 Å². The Bertz CT molecular complexity index is 1550. The van der Waals surface area contributed by atoms with Crippen LogP contribution in [0.1, 0.15) is 0 Å². The van der Waals surface area contributed by atoms with E-state index in [4.69, 9.17) is 11.6 Å². The lowest BCUT2D eigenvalue weighted by Crippen LogP contribution is -2.09. The molecule has 6 rings (SSSR count). The summed E-state index contributed by atoms with van der Waals surface area (Å²) in [7, 11) is 0. The number of thiophene rings is 1. The lowest BCUT2D eigenvalue weighted by molar-refractivity contribution is 1.29. The van der Waals surface area contributed by atoms with Gasteiger partial charge in [-0.05, 0) is 71.8 Å². The predicted octanol–water partition coefficient (Wildman–Crippen LogP) is 9.84. The van der Waals surface area contributed by atoms with Crippen molar-refractivity contribution in [1.29, 1.82) is 0 Å². The van der Waals surface area contributed by atoms with Crippen molar-refractivity contribution in [3.05, 3.63) is 126 Å². The summed E-state index contributed by atoms with van der Waals surface area (Å²) in [5, 5.41) is 3.32. The summed E-state index contributed by atoms with van der Waals surface area (Å²) in [6.07, 6.45) is 0. The van der Waals surface area contributed by atoms with Crippen LogP contribution in [-0.4, -0.2) is 0 Å². The summed E-state index contributed by atoms with van der Waals surface area (Å²) in [5.74, 6) is 0. The molecule has 1 heterocycles. The van der Waals surface area contributed by atoms with Gasteiger partial charge in [-0.15, -0.1) is 11.3 Å². The zero-order valence-electron chi connectivity index (χ0n) is 17.8. The molecule has 0 saturated carbocycles. The predicted molar refractivity (Wildman–Crippen MR) is 144 cm³/mol. The van der Waals surface area contributed by atoms with E-state index in [-0.39, 0.29) is 0 Å². The second kappa shape index (κ2) is 8.40. The third kappa shape index (κ3) is 3.78. The molecule has 3 heteroatoms. The van der Waals surface area contributed by atoms with Crippen LogP contribution in [0.4, 0.5) is 17.1 Å². The van der Waals surface area contributed by atoms with Crippen LogP contribution in [0.3, 0.4) is 0 Å². The molecular formula is C30H20ClNS. The van der Waals surface area contributed by atoms with Crippen molar-refractivity contribution >= 4 is 60.2 Å². The van der Waals surface area contributed by atoms with Crippen LogP contribution >= 0.6 is 22.9 Å². The van der Waals surface area contributed by atoms with Gasteiger partial charge in [0.25, 0.3) is 0 Å². The molecule has 1 nitrogen and oxygen atoms in total. The van der Waals surface area contributed by atoms with Gasteiger partial charge in [-0.2, -0.15) is 0 Å². The topological polar surface area (TPSA) is 3.24 Å². The first-order chi connectivity index (χ1) is 16.3. The quantitative estimate of drug-likeness (QED) is 0.252. The molecule has 158 valence electrons. The first-order valence-corrected chi connectivity index (χ1v) is 12.1. The maximum absolute atomic E-state index is 6.21. The number of benzene rings is 5. The van der Waals surface area contributed by atoms with Crippen molar-refractivity contribution in [3.8, 4) is 11.1 Å². The zero-order valence-corrected chi connectivity index (χ0v) is 19.4. The van der Waals surface area contributed by atoms with E-state index in [0.29, 0.717) is 0 Å². The summed E-state index contributed by atoms with van der Waals surface area (Å²) in [5.41, 5.74) is 5.73. The number of hydrogen-bond donors (Lipinski definition) is 0. The molecular weight excluding hydrogens is 442 g/mol. The molecule has 0 saturated heterocycles. The highest BCUT2D eigenvalue weighted by Gasteiger charge is 2.15. The van der Waals surface area contributed by atoms with E-state index in [9.17, 15) is 0 Å². The van der Waals surface area contributed by atoms with Gasteiger partial charge in [-0.3, -0.25) is 0 Å². The number of nitrogens with zero attached hydrogens (tertiary/aromatic N) is 1. The van der Waals surface area contributed by atoms with Crippen molar-refractivity contribution in [2.24, 2.45) is 0 Å². The van der Waals surface area contributed by atoms with Gasteiger partial charge < -0.3 is 4.90 Å². The molecule has 6 aromatic rings. The summed E-state index contributed by atoms with van der Waals surface area (Å²) in [6.45, 7) is 0. The smallest absolute Gasteiger partial charge is 0.0468 e. The normalized spacial score (nSPS) is 11.2. The summed E-state index contributed by atoms with van der Waals surface area (Å²) in [6, 6.07) is 42.6. The highest BCUT2D eigenvalue weighted by atomic mass is 35.5. The fourth-order valence-electron chi connectivity index (χ4n) is 4.32. The largest absolute Gasteiger partial charge is 0.310 e. The van der Waals surface area contributed by atoms with Crippen molar-refractivity contribution < 1.29 is 0 Å². The maximum Gasteiger partial charge on any atom is 0.0468 e. The van der Waals surface area contributed by atoms with Crippen LogP contribution in [0.2, 0.25) is 5.02 Å². The monoisotopic (exact) mass is 461 g/mol. The third-order valence-corrected chi connectivity index (χ3v) is 7.34. The molecule has 33 heavy (non-hydrogen) atoms. The van der Waals surface area contributed by atoms with Crippen LogP contribution < -0.4 is 4.90 Å². The van der Waals surface area contributed by atoms with Crippen molar-refractivity contribution in [2.75, 3.05) is 4.90 Å². The van der Waals surface area contributed by atoms with Gasteiger partial charge in [0.15, 0.2) is 0 Å². The summed E-state index contributed by atoms with van der Waals surface area (Å²) >= 11 is 8.05. The molecule has 0 fully saturated rings. The van der Waals surface area contributed by atoms with E-state index in [1.54, 1.807) is 0 Å². The standard InChI is InChI=1S/C30H20ClNS/c31-23-12-16-25(17-13-23)32(24-14-10-22(11-15-24)21-6-2-1-3-7-21)26-18-19-30-28(20-26)27-8-4-5-9-29(27)33-30/h1-20H. The second-order valence-corrected chi connectivity index (χ2v) is 9.52. The lowest BCUT2D eigenvalue weighted by atomic mass is 10.0. The Labute approximate surface area is 202 Å². The average molecular weight is 462 g/mol. The van der Waals surface area contributed by atoms with Gasteiger partial charge >= 0.3 is 0 Å². The van der Waals surface area contributed by atoms with E-state index >= 15 is 0 Å². The second-order valence-electron chi connectivity index (χ2n) is 8.00. The molecule has 1 aromatic heterocycles. The molecule has 0 spiro atoms. The summed E-state index contributed by atoms with van der Waals surface area (Å²) < 4.78 is 2.62. The fraction of sp³-hybridized carbons (Fsp3) is 0. The SMILES string of the molecule is Clc1ccc(N(c2ccc(-c3ccccc3)cc2)c2ccc3sc4ccccc4c3c2)cc1. The van der Waals surface area contributed by atoms with Gasteiger partial charge in [0, 0.05) is 42.3 Å². The van der Waals surface area contributed by atoms with Crippen molar-refractivity contribution in [2.45, 2.75) is 0 Å². The number of hydrogen-bond acceptors (Lipinski definition) is 2. The van der Waals surface area contributed by atoms with Gasteiger partial charge in [-0.25, -0.2) is 0 Å². The number of rotatable bonds is 4. The Morgan fingerprint density at radius 3 is 1.82 bits per heavy atom. The zero-order chi connectivity index (χ0) is 22.2.